The van der Waals surface area contributed by atoms with Crippen molar-refractivity contribution in [3.05, 3.63) is 47.8 Å². The van der Waals surface area contributed by atoms with Gasteiger partial charge in [0.15, 0.2) is 0 Å². The number of hydrogen-bond donors (Lipinski definition) is 2. The molecule has 1 amide bonds. The lowest BCUT2D eigenvalue weighted by Crippen LogP contribution is -2.24. The van der Waals surface area contributed by atoms with Crippen LogP contribution < -0.4 is 11.1 Å². The average molecular weight is 272 g/mol. The molecule has 5 heteroatoms. The molecule has 1 aromatic heterocycles. The molecule has 106 valence electrons. The van der Waals surface area contributed by atoms with Crippen molar-refractivity contribution in [2.75, 3.05) is 13.1 Å². The molecule has 0 unspecified atom stereocenters. The summed E-state index contributed by atoms with van der Waals surface area (Å²) in [5, 5.41) is 7.12. The van der Waals surface area contributed by atoms with Gasteiger partial charge < -0.3 is 11.1 Å². The van der Waals surface area contributed by atoms with Gasteiger partial charge in [-0.15, -0.1) is 0 Å². The zero-order valence-electron chi connectivity index (χ0n) is 11.7. The normalized spacial score (nSPS) is 10.5. The monoisotopic (exact) mass is 272 g/mol. The zero-order valence-corrected chi connectivity index (χ0v) is 11.7. The van der Waals surface area contributed by atoms with Crippen LogP contribution in [0.5, 0.6) is 0 Å². The van der Waals surface area contributed by atoms with Gasteiger partial charge in [-0.25, -0.2) is 4.68 Å². The van der Waals surface area contributed by atoms with Gasteiger partial charge in [0.2, 0.25) is 0 Å². The summed E-state index contributed by atoms with van der Waals surface area (Å²) in [4.78, 5) is 11.9. The third-order valence-corrected chi connectivity index (χ3v) is 3.02. The number of nitrogens with two attached hydrogens (primary N) is 1. The molecule has 3 N–H and O–H groups in total. The van der Waals surface area contributed by atoms with E-state index in [9.17, 15) is 4.79 Å². The summed E-state index contributed by atoms with van der Waals surface area (Å²) in [5.74, 6) is -0.0507. The number of unbranched alkanes of at least 4 members (excludes halogenated alkanes) is 1. The van der Waals surface area contributed by atoms with E-state index in [-0.39, 0.29) is 5.91 Å². The third kappa shape index (κ3) is 3.68. The Balaban J connectivity index is 1.95. The van der Waals surface area contributed by atoms with Gasteiger partial charge in [0.05, 0.1) is 11.9 Å². The summed E-state index contributed by atoms with van der Waals surface area (Å²) in [6.07, 6.45) is 5.59. The van der Waals surface area contributed by atoms with E-state index in [1.54, 1.807) is 10.9 Å². The molecular formula is C15H20N4O. The lowest BCUT2D eigenvalue weighted by molar-refractivity contribution is 0.0953. The molecule has 0 aliphatic heterocycles. The molecule has 1 heterocycles. The Morgan fingerprint density at radius 3 is 2.65 bits per heavy atom. The first-order chi connectivity index (χ1) is 9.70. The number of carbonyl (C=O) groups is 1. The van der Waals surface area contributed by atoms with Gasteiger partial charge in [-0.05, 0) is 56.1 Å². The minimum atomic E-state index is -0.0507. The lowest BCUT2D eigenvalue weighted by Gasteiger charge is -2.06. The average Bonchev–Trinajstić information content (AvgIpc) is 2.90. The summed E-state index contributed by atoms with van der Waals surface area (Å²) < 4.78 is 1.79. The highest BCUT2D eigenvalue weighted by atomic mass is 16.1. The fraction of sp³-hybridized carbons (Fsp3) is 0.333. The van der Waals surface area contributed by atoms with Crippen LogP contribution in [0.3, 0.4) is 0 Å². The Labute approximate surface area is 118 Å². The Morgan fingerprint density at radius 1 is 1.30 bits per heavy atom. The summed E-state index contributed by atoms with van der Waals surface area (Å²) in [6, 6.07) is 7.40. The molecule has 2 aromatic rings. The molecule has 0 saturated heterocycles. The molecule has 20 heavy (non-hydrogen) atoms. The van der Waals surface area contributed by atoms with Crippen molar-refractivity contribution >= 4 is 5.91 Å². The molecule has 0 aliphatic rings. The van der Waals surface area contributed by atoms with E-state index in [0.29, 0.717) is 18.7 Å². The van der Waals surface area contributed by atoms with Crippen molar-refractivity contribution in [2.24, 2.45) is 5.73 Å². The number of nitrogens with one attached hydrogen (secondary N) is 1. The number of amides is 1. The SMILES string of the molecule is Cc1cnn(-c2ccc(C(=O)NCCCCN)cc2)c1. The van der Waals surface area contributed by atoms with Crippen molar-refractivity contribution in [3.63, 3.8) is 0 Å². The van der Waals surface area contributed by atoms with Gasteiger partial charge >= 0.3 is 0 Å². The Hall–Kier alpha value is -2.14. The molecule has 0 spiro atoms. The van der Waals surface area contributed by atoms with Crippen molar-refractivity contribution in [1.82, 2.24) is 15.1 Å². The predicted octanol–water partition coefficient (Wildman–Crippen LogP) is 1.65. The molecule has 0 aliphatic carbocycles. The second-order valence-electron chi connectivity index (χ2n) is 4.76. The number of carbonyl (C=O) groups excluding carboxylic acids is 1. The van der Waals surface area contributed by atoms with Gasteiger partial charge in [0.25, 0.3) is 5.91 Å². The van der Waals surface area contributed by atoms with Crippen LogP contribution in [0, 0.1) is 6.92 Å². The number of aryl methyl sites for hydroxylation is 1. The quantitative estimate of drug-likeness (QED) is 0.785. The van der Waals surface area contributed by atoms with Crippen LogP contribution in [0.1, 0.15) is 28.8 Å². The smallest absolute Gasteiger partial charge is 0.251 e. The first kappa shape index (κ1) is 14.3. The van der Waals surface area contributed by atoms with Gasteiger partial charge in [-0.2, -0.15) is 5.10 Å². The van der Waals surface area contributed by atoms with Crippen LogP contribution >= 0.6 is 0 Å². The third-order valence-electron chi connectivity index (χ3n) is 3.02. The Morgan fingerprint density at radius 2 is 2.05 bits per heavy atom. The number of benzene rings is 1. The zero-order chi connectivity index (χ0) is 14.4. The molecule has 5 nitrogen and oxygen atoms in total. The molecule has 0 atom stereocenters. The Bertz CT molecular complexity index is 560. The highest BCUT2D eigenvalue weighted by Crippen LogP contribution is 2.10. The van der Waals surface area contributed by atoms with Crippen molar-refractivity contribution < 1.29 is 4.79 Å². The molecule has 0 bridgehead atoms. The molecule has 1 aromatic carbocycles. The minimum absolute atomic E-state index is 0.0507. The second-order valence-corrected chi connectivity index (χ2v) is 4.76. The van der Waals surface area contributed by atoms with E-state index in [4.69, 9.17) is 5.73 Å². The topological polar surface area (TPSA) is 72.9 Å². The van der Waals surface area contributed by atoms with Crippen LogP contribution in [-0.2, 0) is 0 Å². The van der Waals surface area contributed by atoms with Gasteiger partial charge in [-0.1, -0.05) is 0 Å². The van der Waals surface area contributed by atoms with Gasteiger partial charge in [0, 0.05) is 18.3 Å². The second kappa shape index (κ2) is 6.86. The Kier molecular flexibility index (Phi) is 4.90. The van der Waals surface area contributed by atoms with Crippen molar-refractivity contribution in [1.29, 1.82) is 0 Å². The minimum Gasteiger partial charge on any atom is -0.352 e. The highest BCUT2D eigenvalue weighted by molar-refractivity contribution is 5.94. The van der Waals surface area contributed by atoms with Crippen molar-refractivity contribution in [2.45, 2.75) is 19.8 Å². The summed E-state index contributed by atoms with van der Waals surface area (Å²) in [7, 11) is 0. The first-order valence-corrected chi connectivity index (χ1v) is 6.80. The van der Waals surface area contributed by atoms with Gasteiger partial charge in [-0.3, -0.25) is 4.79 Å². The van der Waals surface area contributed by atoms with E-state index < -0.39 is 0 Å². The van der Waals surface area contributed by atoms with Crippen LogP contribution in [0.4, 0.5) is 0 Å². The number of aromatic nitrogens is 2. The lowest BCUT2D eigenvalue weighted by atomic mass is 10.2. The van der Waals surface area contributed by atoms with E-state index in [2.05, 4.69) is 10.4 Å². The highest BCUT2D eigenvalue weighted by Gasteiger charge is 2.05. The first-order valence-electron chi connectivity index (χ1n) is 6.80. The summed E-state index contributed by atoms with van der Waals surface area (Å²) >= 11 is 0. The fourth-order valence-corrected chi connectivity index (χ4v) is 1.89. The van der Waals surface area contributed by atoms with Gasteiger partial charge in [0.1, 0.15) is 0 Å². The van der Waals surface area contributed by atoms with Crippen LogP contribution in [0.25, 0.3) is 5.69 Å². The van der Waals surface area contributed by atoms with E-state index >= 15 is 0 Å². The van der Waals surface area contributed by atoms with E-state index in [0.717, 1.165) is 24.1 Å². The van der Waals surface area contributed by atoms with Crippen molar-refractivity contribution in [3.8, 4) is 5.69 Å². The largest absolute Gasteiger partial charge is 0.352 e. The van der Waals surface area contributed by atoms with Crippen LogP contribution in [-0.4, -0.2) is 28.8 Å². The molecule has 0 saturated carbocycles. The van der Waals surface area contributed by atoms with Crippen LogP contribution in [0.2, 0.25) is 0 Å². The molecular weight excluding hydrogens is 252 g/mol. The maximum Gasteiger partial charge on any atom is 0.251 e. The van der Waals surface area contributed by atoms with E-state index in [1.165, 1.54) is 0 Å². The molecule has 0 radical (unpaired) electrons. The van der Waals surface area contributed by atoms with E-state index in [1.807, 2.05) is 37.4 Å². The summed E-state index contributed by atoms with van der Waals surface area (Å²) in [5.41, 5.74) is 8.11. The predicted molar refractivity (Wildman–Crippen MR) is 78.9 cm³/mol. The number of hydrogen-bond acceptors (Lipinski definition) is 3. The fourth-order valence-electron chi connectivity index (χ4n) is 1.89. The number of rotatable bonds is 6. The standard InChI is InChI=1S/C15H20N4O/c1-12-10-18-19(11-12)14-6-4-13(5-7-14)15(20)17-9-3-2-8-16/h4-7,10-11H,2-3,8-9,16H2,1H3,(H,17,20). The maximum atomic E-state index is 11.9. The summed E-state index contributed by atoms with van der Waals surface area (Å²) in [6.45, 7) is 3.32. The molecule has 2 rings (SSSR count). The number of nitrogens with zero attached hydrogens (tertiary/aromatic N) is 2. The maximum absolute atomic E-state index is 11.9. The molecule has 0 fully saturated rings. The van der Waals surface area contributed by atoms with Crippen LogP contribution in [0.15, 0.2) is 36.7 Å².